The topological polar surface area (TPSA) is 81.2 Å². The molecule has 34 heavy (non-hydrogen) atoms. The van der Waals surface area contributed by atoms with Crippen LogP contribution in [0.1, 0.15) is 5.56 Å². The fourth-order valence-electron chi connectivity index (χ4n) is 4.02. The number of piperazine rings is 1. The molecule has 1 aliphatic heterocycles. The van der Waals surface area contributed by atoms with Gasteiger partial charge in [-0.05, 0) is 36.0 Å². The van der Waals surface area contributed by atoms with E-state index >= 15 is 0 Å². The fourth-order valence-corrected chi connectivity index (χ4v) is 4.28. The van der Waals surface area contributed by atoms with E-state index in [1.165, 1.54) is 0 Å². The van der Waals surface area contributed by atoms with E-state index < -0.39 is 0 Å². The molecule has 2 aromatic carbocycles. The number of hydrogen-bond acceptors (Lipinski definition) is 8. The summed E-state index contributed by atoms with van der Waals surface area (Å²) in [5, 5.41) is 5.02. The van der Waals surface area contributed by atoms with Gasteiger partial charge in [0.1, 0.15) is 12.1 Å². The van der Waals surface area contributed by atoms with Gasteiger partial charge >= 0.3 is 0 Å². The molecule has 0 amide bonds. The summed E-state index contributed by atoms with van der Waals surface area (Å²) in [6.07, 6.45) is 1.59. The van der Waals surface area contributed by atoms with Gasteiger partial charge in [-0.15, -0.1) is 0 Å². The maximum atomic E-state index is 5.66. The van der Waals surface area contributed by atoms with Crippen LogP contribution in [0.4, 0.5) is 5.82 Å². The number of thiocarbonyl (C=S) groups is 1. The van der Waals surface area contributed by atoms with E-state index in [1.54, 1.807) is 34.8 Å². The molecule has 1 aromatic heterocycles. The molecule has 0 atom stereocenters. The Kier molecular flexibility index (Phi) is 7.36. The number of methoxy groups -OCH3 is 4. The summed E-state index contributed by atoms with van der Waals surface area (Å²) in [6, 6.07) is 9.66. The second kappa shape index (κ2) is 10.6. The van der Waals surface area contributed by atoms with Crippen molar-refractivity contribution in [2.75, 3.05) is 59.5 Å². The monoisotopic (exact) mass is 483 g/mol. The van der Waals surface area contributed by atoms with E-state index in [4.69, 9.17) is 31.2 Å². The van der Waals surface area contributed by atoms with E-state index in [0.29, 0.717) is 29.5 Å². The Hall–Kier alpha value is -3.53. The molecule has 9 nitrogen and oxygen atoms in total. The minimum absolute atomic E-state index is 0.609. The number of rotatable bonds is 7. The van der Waals surface area contributed by atoms with Gasteiger partial charge < -0.3 is 34.1 Å². The first-order chi connectivity index (χ1) is 16.6. The molecule has 180 valence electrons. The van der Waals surface area contributed by atoms with E-state index in [0.717, 1.165) is 53.6 Å². The number of ether oxygens (including phenoxy) is 4. The van der Waals surface area contributed by atoms with Gasteiger partial charge in [-0.1, -0.05) is 6.07 Å². The van der Waals surface area contributed by atoms with Crippen molar-refractivity contribution in [3.63, 3.8) is 0 Å². The second-order valence-electron chi connectivity index (χ2n) is 7.74. The Morgan fingerprint density at radius 2 is 1.50 bits per heavy atom. The lowest BCUT2D eigenvalue weighted by atomic mass is 10.2. The van der Waals surface area contributed by atoms with Crippen molar-refractivity contribution in [1.29, 1.82) is 0 Å². The molecular formula is C24H29N5O4S. The summed E-state index contributed by atoms with van der Waals surface area (Å²) >= 11 is 5.66. The Morgan fingerprint density at radius 3 is 2.18 bits per heavy atom. The maximum Gasteiger partial charge on any atom is 0.169 e. The van der Waals surface area contributed by atoms with Crippen LogP contribution in [0.3, 0.4) is 0 Å². The molecule has 1 N–H and O–H groups in total. The van der Waals surface area contributed by atoms with Crippen LogP contribution in [-0.4, -0.2) is 74.6 Å². The van der Waals surface area contributed by atoms with Crippen molar-refractivity contribution in [3.05, 3.63) is 42.2 Å². The second-order valence-corrected chi connectivity index (χ2v) is 8.13. The third-order valence-corrected chi connectivity index (χ3v) is 6.28. The zero-order chi connectivity index (χ0) is 24.1. The number of anilines is 1. The molecular weight excluding hydrogens is 454 g/mol. The molecule has 0 bridgehead atoms. The minimum atomic E-state index is 0.609. The van der Waals surface area contributed by atoms with Gasteiger partial charge in [0.25, 0.3) is 0 Å². The first-order valence-corrected chi connectivity index (χ1v) is 11.3. The largest absolute Gasteiger partial charge is 0.493 e. The summed E-state index contributed by atoms with van der Waals surface area (Å²) < 4.78 is 21.6. The van der Waals surface area contributed by atoms with Gasteiger partial charge in [-0.3, -0.25) is 0 Å². The van der Waals surface area contributed by atoms with Crippen LogP contribution in [-0.2, 0) is 6.54 Å². The van der Waals surface area contributed by atoms with Gasteiger partial charge in [0, 0.05) is 44.2 Å². The van der Waals surface area contributed by atoms with E-state index in [-0.39, 0.29) is 0 Å². The molecule has 1 fully saturated rings. The van der Waals surface area contributed by atoms with Gasteiger partial charge in [0.2, 0.25) is 0 Å². The average molecular weight is 484 g/mol. The average Bonchev–Trinajstić information content (AvgIpc) is 2.90. The van der Waals surface area contributed by atoms with Gasteiger partial charge in [0.05, 0.1) is 34.0 Å². The molecule has 0 unspecified atom stereocenters. The smallest absolute Gasteiger partial charge is 0.169 e. The highest BCUT2D eigenvalue weighted by Gasteiger charge is 2.22. The predicted molar refractivity (Wildman–Crippen MR) is 135 cm³/mol. The van der Waals surface area contributed by atoms with Crippen LogP contribution in [0.2, 0.25) is 0 Å². The van der Waals surface area contributed by atoms with Crippen molar-refractivity contribution in [1.82, 2.24) is 20.2 Å². The van der Waals surface area contributed by atoms with Crippen molar-refractivity contribution < 1.29 is 18.9 Å². The minimum Gasteiger partial charge on any atom is -0.493 e. The van der Waals surface area contributed by atoms with Crippen molar-refractivity contribution in [2.24, 2.45) is 0 Å². The Balaban J connectivity index is 1.39. The molecule has 1 saturated heterocycles. The highest BCUT2D eigenvalue weighted by Crippen LogP contribution is 2.35. The summed E-state index contributed by atoms with van der Waals surface area (Å²) in [4.78, 5) is 13.4. The highest BCUT2D eigenvalue weighted by atomic mass is 32.1. The van der Waals surface area contributed by atoms with Gasteiger partial charge in [-0.2, -0.15) is 0 Å². The molecule has 1 aliphatic rings. The molecule has 0 spiro atoms. The molecule has 3 aromatic rings. The van der Waals surface area contributed by atoms with Gasteiger partial charge in [-0.25, -0.2) is 9.97 Å². The van der Waals surface area contributed by atoms with Crippen LogP contribution in [0.15, 0.2) is 36.7 Å². The zero-order valence-electron chi connectivity index (χ0n) is 19.8. The highest BCUT2D eigenvalue weighted by molar-refractivity contribution is 7.80. The summed E-state index contributed by atoms with van der Waals surface area (Å²) in [5.41, 5.74) is 1.88. The van der Waals surface area contributed by atoms with Crippen LogP contribution >= 0.6 is 12.2 Å². The number of fused-ring (bicyclic) bond motifs is 1. The molecule has 0 radical (unpaired) electrons. The van der Waals surface area contributed by atoms with E-state index in [1.807, 2.05) is 30.3 Å². The number of nitrogens with zero attached hydrogens (tertiary/aromatic N) is 4. The number of nitrogens with one attached hydrogen (secondary N) is 1. The molecule has 4 rings (SSSR count). The quantitative estimate of drug-likeness (QED) is 0.507. The third-order valence-electron chi connectivity index (χ3n) is 5.88. The normalized spacial score (nSPS) is 13.5. The third kappa shape index (κ3) is 4.86. The number of benzene rings is 2. The molecule has 2 heterocycles. The first-order valence-electron chi connectivity index (χ1n) is 10.9. The fraction of sp³-hybridized carbons (Fsp3) is 0.375. The number of aromatic nitrogens is 2. The predicted octanol–water partition coefficient (Wildman–Crippen LogP) is 2.86. The summed E-state index contributed by atoms with van der Waals surface area (Å²) in [5.74, 6) is 3.60. The Labute approximate surface area is 204 Å². The maximum absolute atomic E-state index is 5.66. The standard InChI is InChI=1S/C24H29N5O4S/c1-30-19-6-5-16(11-20(19)31-2)14-25-24(34)29-9-7-28(8-10-29)23-17-12-21(32-3)22(33-4)13-18(17)26-15-27-23/h5-6,11-13,15H,7-10,14H2,1-4H3,(H,25,34). The van der Waals surface area contributed by atoms with Gasteiger partial charge in [0.15, 0.2) is 28.1 Å². The lowest BCUT2D eigenvalue weighted by Gasteiger charge is -2.37. The lowest BCUT2D eigenvalue weighted by Crippen LogP contribution is -2.51. The zero-order valence-corrected chi connectivity index (χ0v) is 20.6. The van der Waals surface area contributed by atoms with Crippen LogP contribution < -0.4 is 29.2 Å². The summed E-state index contributed by atoms with van der Waals surface area (Å²) in [7, 11) is 6.50. The van der Waals surface area contributed by atoms with E-state index in [9.17, 15) is 0 Å². The molecule has 0 aliphatic carbocycles. The van der Waals surface area contributed by atoms with E-state index in [2.05, 4.69) is 25.1 Å². The molecule has 10 heteroatoms. The van der Waals surface area contributed by atoms with Crippen molar-refractivity contribution in [2.45, 2.75) is 6.54 Å². The Morgan fingerprint density at radius 1 is 0.853 bits per heavy atom. The van der Waals surface area contributed by atoms with Crippen LogP contribution in [0.5, 0.6) is 23.0 Å². The SMILES string of the molecule is COc1ccc(CNC(=S)N2CCN(c3ncnc4cc(OC)c(OC)cc34)CC2)cc1OC. The Bertz CT molecular complexity index is 1170. The lowest BCUT2D eigenvalue weighted by molar-refractivity contribution is 0.354. The number of hydrogen-bond donors (Lipinski definition) is 1. The van der Waals surface area contributed by atoms with Crippen LogP contribution in [0, 0.1) is 0 Å². The van der Waals surface area contributed by atoms with Crippen molar-refractivity contribution >= 4 is 34.1 Å². The van der Waals surface area contributed by atoms with Crippen molar-refractivity contribution in [3.8, 4) is 23.0 Å². The summed E-state index contributed by atoms with van der Waals surface area (Å²) in [6.45, 7) is 3.77. The first kappa shape index (κ1) is 23.6. The van der Waals surface area contributed by atoms with Crippen LogP contribution in [0.25, 0.3) is 10.9 Å². The molecule has 0 saturated carbocycles.